The van der Waals surface area contributed by atoms with Gasteiger partial charge in [-0.15, -0.1) is 11.3 Å². The van der Waals surface area contributed by atoms with E-state index < -0.39 is 17.8 Å². The molecule has 0 unspecified atom stereocenters. The highest BCUT2D eigenvalue weighted by Crippen LogP contribution is 2.34. The molecule has 0 aliphatic carbocycles. The Kier molecular flexibility index (Phi) is 7.56. The Bertz CT molecular complexity index is 1150. The van der Waals surface area contributed by atoms with Gasteiger partial charge in [-0.2, -0.15) is 0 Å². The minimum absolute atomic E-state index is 0.0288. The topological polar surface area (TPSA) is 121 Å². The van der Waals surface area contributed by atoms with E-state index in [1.54, 1.807) is 26.8 Å². The Morgan fingerprint density at radius 3 is 2.47 bits per heavy atom. The molecule has 168 valence electrons. The van der Waals surface area contributed by atoms with Gasteiger partial charge in [-0.1, -0.05) is 0 Å². The quantitative estimate of drug-likeness (QED) is 0.299. The van der Waals surface area contributed by atoms with Crippen molar-refractivity contribution in [1.29, 1.82) is 0 Å². The lowest BCUT2D eigenvalue weighted by atomic mass is 10.1. The Hall–Kier alpha value is -2.86. The molecule has 3 rings (SSSR count). The molecule has 0 saturated carbocycles. The third kappa shape index (κ3) is 5.68. The smallest absolute Gasteiger partial charge is 0.341 e. The molecule has 2 aromatic heterocycles. The van der Waals surface area contributed by atoms with Crippen LogP contribution in [0.25, 0.3) is 0 Å². The number of halogens is 1. The summed E-state index contributed by atoms with van der Waals surface area (Å²) in [5.41, 5.74) is 5.86. The first-order valence-electron chi connectivity index (χ1n) is 9.58. The number of rotatable bonds is 8. The Morgan fingerprint density at radius 1 is 1.16 bits per heavy atom. The van der Waals surface area contributed by atoms with Crippen molar-refractivity contribution in [3.05, 3.63) is 67.5 Å². The van der Waals surface area contributed by atoms with Crippen LogP contribution >= 0.6 is 33.9 Å². The van der Waals surface area contributed by atoms with Crippen molar-refractivity contribution >= 4 is 56.7 Å². The first-order valence-corrected chi connectivity index (χ1v) is 11.5. The van der Waals surface area contributed by atoms with Gasteiger partial charge >= 0.3 is 5.97 Å². The third-order valence-electron chi connectivity index (χ3n) is 4.22. The normalized spacial score (nSPS) is 10.8. The molecule has 0 saturated heterocycles. The molecule has 0 radical (unpaired) electrons. The molecule has 3 aromatic rings. The summed E-state index contributed by atoms with van der Waals surface area (Å²) in [6, 6.07) is 10.6. The minimum atomic E-state index is -0.695. The lowest BCUT2D eigenvalue weighted by Gasteiger charge is -2.10. The van der Waals surface area contributed by atoms with Crippen LogP contribution in [0.15, 0.2) is 40.8 Å². The number of thiophene rings is 1. The number of ether oxygens (including phenoxy) is 2. The fourth-order valence-electron chi connectivity index (χ4n) is 2.78. The van der Waals surface area contributed by atoms with E-state index >= 15 is 0 Å². The van der Waals surface area contributed by atoms with Crippen LogP contribution in [0.1, 0.15) is 55.8 Å². The van der Waals surface area contributed by atoms with E-state index in [1.807, 2.05) is 24.3 Å². The monoisotopic (exact) mass is 568 g/mol. The van der Waals surface area contributed by atoms with E-state index in [2.05, 4.69) is 27.9 Å². The molecule has 2 heterocycles. The molecule has 0 spiro atoms. The van der Waals surface area contributed by atoms with Crippen LogP contribution in [0.2, 0.25) is 0 Å². The largest absolute Gasteiger partial charge is 0.486 e. The summed E-state index contributed by atoms with van der Waals surface area (Å²) in [7, 11) is 0. The molecular weight excluding hydrogens is 547 g/mol. The molecule has 0 aliphatic rings. The van der Waals surface area contributed by atoms with Crippen molar-refractivity contribution in [2.45, 2.75) is 33.5 Å². The molecular formula is C22H21IN2O6S. The van der Waals surface area contributed by atoms with E-state index in [0.29, 0.717) is 17.1 Å². The molecule has 3 N–H and O–H groups in total. The second-order valence-corrected chi connectivity index (χ2v) is 9.31. The lowest BCUT2D eigenvalue weighted by molar-refractivity contribution is 0.0379. The van der Waals surface area contributed by atoms with Crippen LogP contribution in [-0.4, -0.2) is 23.9 Å². The second-order valence-electron chi connectivity index (χ2n) is 7.04. The number of nitrogens with two attached hydrogens (primary N) is 1. The molecule has 0 aliphatic heterocycles. The van der Waals surface area contributed by atoms with Crippen LogP contribution in [-0.2, 0) is 11.3 Å². The third-order valence-corrected chi connectivity index (χ3v) is 6.17. The summed E-state index contributed by atoms with van der Waals surface area (Å²) in [5.74, 6) is -0.771. The van der Waals surface area contributed by atoms with Crippen molar-refractivity contribution in [3.63, 3.8) is 0 Å². The highest BCUT2D eigenvalue weighted by molar-refractivity contribution is 14.1. The summed E-state index contributed by atoms with van der Waals surface area (Å²) >= 11 is 3.12. The second kappa shape index (κ2) is 10.2. The first-order chi connectivity index (χ1) is 15.2. The van der Waals surface area contributed by atoms with Crippen molar-refractivity contribution in [3.8, 4) is 5.75 Å². The van der Waals surface area contributed by atoms with Crippen molar-refractivity contribution < 1.29 is 28.3 Å². The molecule has 0 fully saturated rings. The Labute approximate surface area is 202 Å². The van der Waals surface area contributed by atoms with Gasteiger partial charge in [0.2, 0.25) is 0 Å². The van der Waals surface area contributed by atoms with Crippen LogP contribution in [0.4, 0.5) is 5.00 Å². The number of carbonyl (C=O) groups is 3. The van der Waals surface area contributed by atoms with Gasteiger partial charge < -0.3 is 24.9 Å². The molecule has 0 bridgehead atoms. The number of anilines is 1. The highest BCUT2D eigenvalue weighted by Gasteiger charge is 2.27. The maximum atomic E-state index is 12.7. The number of benzene rings is 1. The van der Waals surface area contributed by atoms with Crippen molar-refractivity contribution in [1.82, 2.24) is 0 Å². The van der Waals surface area contributed by atoms with Gasteiger partial charge in [0.05, 0.1) is 16.5 Å². The average Bonchev–Trinajstić information content (AvgIpc) is 3.31. The SMILES string of the molecule is Cc1c(C(N)=O)sc(NC(=O)c2ccc(COc3ccc(I)cc3)o2)c1C(=O)OC(C)C. The fraction of sp³-hybridized carbons (Fsp3) is 0.227. The average molecular weight is 568 g/mol. The maximum Gasteiger partial charge on any atom is 0.341 e. The Balaban J connectivity index is 1.75. The number of furan rings is 1. The number of nitrogens with one attached hydrogen (secondary N) is 1. The van der Waals surface area contributed by atoms with Crippen LogP contribution < -0.4 is 15.8 Å². The maximum absolute atomic E-state index is 12.7. The van der Waals surface area contributed by atoms with Gasteiger partial charge in [-0.05, 0) is 85.3 Å². The summed E-state index contributed by atoms with van der Waals surface area (Å²) in [5, 5.41) is 2.79. The van der Waals surface area contributed by atoms with Crippen molar-refractivity contribution in [2.75, 3.05) is 5.32 Å². The van der Waals surface area contributed by atoms with E-state index in [1.165, 1.54) is 6.07 Å². The Morgan fingerprint density at radius 2 is 1.84 bits per heavy atom. The first kappa shape index (κ1) is 23.8. The van der Waals surface area contributed by atoms with Gasteiger partial charge in [-0.3, -0.25) is 9.59 Å². The van der Waals surface area contributed by atoms with E-state index in [9.17, 15) is 14.4 Å². The van der Waals surface area contributed by atoms with Crippen LogP contribution in [0.5, 0.6) is 5.75 Å². The predicted octanol–water partition coefficient (Wildman–Crippen LogP) is 4.75. The minimum Gasteiger partial charge on any atom is -0.486 e. The van der Waals surface area contributed by atoms with E-state index in [4.69, 9.17) is 19.6 Å². The van der Waals surface area contributed by atoms with Gasteiger partial charge in [0, 0.05) is 3.57 Å². The number of primary amides is 1. The van der Waals surface area contributed by atoms with E-state index in [0.717, 1.165) is 14.9 Å². The van der Waals surface area contributed by atoms with Crippen molar-refractivity contribution in [2.24, 2.45) is 5.73 Å². The molecule has 8 nitrogen and oxygen atoms in total. The number of esters is 1. The summed E-state index contributed by atoms with van der Waals surface area (Å²) in [4.78, 5) is 37.2. The summed E-state index contributed by atoms with van der Waals surface area (Å²) < 4.78 is 17.6. The fourth-order valence-corrected chi connectivity index (χ4v) is 4.18. The van der Waals surface area contributed by atoms with Gasteiger partial charge in [0.25, 0.3) is 11.8 Å². The summed E-state index contributed by atoms with van der Waals surface area (Å²) in [6.07, 6.45) is -0.372. The number of carbonyl (C=O) groups excluding carboxylic acids is 3. The van der Waals surface area contributed by atoms with Gasteiger partial charge in [-0.25, -0.2) is 4.79 Å². The zero-order valence-electron chi connectivity index (χ0n) is 17.6. The molecule has 32 heavy (non-hydrogen) atoms. The van der Waals surface area contributed by atoms with Gasteiger partial charge in [0.15, 0.2) is 5.76 Å². The zero-order chi connectivity index (χ0) is 23.4. The van der Waals surface area contributed by atoms with E-state index in [-0.39, 0.29) is 33.9 Å². The molecule has 0 atom stereocenters. The lowest BCUT2D eigenvalue weighted by Crippen LogP contribution is -2.17. The highest BCUT2D eigenvalue weighted by atomic mass is 127. The molecule has 1 aromatic carbocycles. The number of hydrogen-bond acceptors (Lipinski definition) is 7. The van der Waals surface area contributed by atoms with Crippen LogP contribution in [0.3, 0.4) is 0 Å². The molecule has 10 heteroatoms. The standard InChI is InChI=1S/C22H21IN2O6S/c1-11(2)30-22(28)17-12(3)18(19(24)26)32-21(17)25-20(27)16-9-8-15(31-16)10-29-14-6-4-13(23)5-7-14/h4-9,11H,10H2,1-3H3,(H2,24,26)(H,25,27). The number of hydrogen-bond donors (Lipinski definition) is 2. The summed E-state index contributed by atoms with van der Waals surface area (Å²) in [6.45, 7) is 5.13. The zero-order valence-corrected chi connectivity index (χ0v) is 20.5. The van der Waals surface area contributed by atoms with Crippen LogP contribution in [0, 0.1) is 10.5 Å². The predicted molar refractivity (Wildman–Crippen MR) is 128 cm³/mol. The number of amides is 2. The van der Waals surface area contributed by atoms with Gasteiger partial charge in [0.1, 0.15) is 23.1 Å². The molecule has 2 amide bonds.